The van der Waals surface area contributed by atoms with Crippen molar-refractivity contribution in [2.75, 3.05) is 19.7 Å². The topological polar surface area (TPSA) is 76.4 Å². The van der Waals surface area contributed by atoms with Crippen LogP contribution in [0.25, 0.3) is 0 Å². The largest absolute Gasteiger partial charge is 0.373 e. The van der Waals surface area contributed by atoms with Crippen LogP contribution in [0.2, 0.25) is 0 Å². The molecule has 142 valence electrons. The van der Waals surface area contributed by atoms with Crippen LogP contribution in [-0.4, -0.2) is 46.0 Å². The molecule has 0 aromatic carbocycles. The molecule has 8 heteroatoms. The third-order valence-electron chi connectivity index (χ3n) is 4.74. The molecule has 2 N–H and O–H groups in total. The zero-order valence-corrected chi connectivity index (χ0v) is 16.6. The lowest BCUT2D eigenvalue weighted by Gasteiger charge is -2.24. The minimum absolute atomic E-state index is 0.114. The first-order valence-electron chi connectivity index (χ1n) is 9.09. The highest BCUT2D eigenvalue weighted by Gasteiger charge is 2.29. The number of nitrogens with zero attached hydrogens (tertiary/aromatic N) is 4. The van der Waals surface area contributed by atoms with Gasteiger partial charge < -0.3 is 19.9 Å². The van der Waals surface area contributed by atoms with Gasteiger partial charge in [-0.15, -0.1) is 21.5 Å². The molecular weight excluding hydrogens is 348 g/mol. The number of aliphatic imine (C=N–C) groups is 1. The Bertz CT molecular complexity index is 718. The van der Waals surface area contributed by atoms with Crippen molar-refractivity contribution in [1.29, 1.82) is 0 Å². The predicted molar refractivity (Wildman–Crippen MR) is 104 cm³/mol. The maximum absolute atomic E-state index is 5.87. The van der Waals surface area contributed by atoms with Crippen LogP contribution in [0.3, 0.4) is 0 Å². The Morgan fingerprint density at radius 3 is 2.96 bits per heavy atom. The van der Waals surface area contributed by atoms with E-state index in [4.69, 9.17) is 9.73 Å². The molecule has 1 aliphatic heterocycles. The van der Waals surface area contributed by atoms with Crippen molar-refractivity contribution >= 4 is 17.3 Å². The van der Waals surface area contributed by atoms with Crippen molar-refractivity contribution in [3.05, 3.63) is 34.0 Å². The molecule has 1 fully saturated rings. The number of ether oxygens (including phenoxy) is 1. The van der Waals surface area contributed by atoms with Crippen molar-refractivity contribution < 1.29 is 4.74 Å². The molecule has 3 rings (SSSR count). The third kappa shape index (κ3) is 5.04. The predicted octanol–water partition coefficient (Wildman–Crippen LogP) is 2.03. The summed E-state index contributed by atoms with van der Waals surface area (Å²) in [4.78, 5) is 6.07. The quantitative estimate of drug-likeness (QED) is 0.571. The van der Waals surface area contributed by atoms with Gasteiger partial charge in [-0.05, 0) is 44.6 Å². The van der Waals surface area contributed by atoms with Crippen LogP contribution in [0.4, 0.5) is 0 Å². The van der Waals surface area contributed by atoms with E-state index < -0.39 is 0 Å². The van der Waals surface area contributed by atoms with E-state index in [-0.39, 0.29) is 5.60 Å². The highest BCUT2D eigenvalue weighted by molar-refractivity contribution is 7.09. The average molecular weight is 377 g/mol. The van der Waals surface area contributed by atoms with Crippen LogP contribution >= 0.6 is 11.3 Å². The Hall–Kier alpha value is -1.93. The molecule has 0 radical (unpaired) electrons. The Labute approximate surface area is 158 Å². The van der Waals surface area contributed by atoms with E-state index >= 15 is 0 Å². The number of hydrogen-bond acceptors (Lipinski definition) is 5. The molecular formula is C18H28N6OS. The van der Waals surface area contributed by atoms with Gasteiger partial charge in [0.25, 0.3) is 0 Å². The molecule has 0 aliphatic carbocycles. The van der Waals surface area contributed by atoms with Crippen LogP contribution in [0, 0.1) is 6.92 Å². The smallest absolute Gasteiger partial charge is 0.191 e. The Morgan fingerprint density at radius 2 is 2.31 bits per heavy atom. The van der Waals surface area contributed by atoms with E-state index in [1.165, 1.54) is 4.88 Å². The summed E-state index contributed by atoms with van der Waals surface area (Å²) < 4.78 is 7.84. The number of rotatable bonds is 7. The zero-order valence-electron chi connectivity index (χ0n) is 15.8. The van der Waals surface area contributed by atoms with Crippen LogP contribution in [-0.2, 0) is 24.8 Å². The van der Waals surface area contributed by atoms with Gasteiger partial charge in [0.05, 0.1) is 5.60 Å². The fourth-order valence-electron chi connectivity index (χ4n) is 2.92. The molecule has 1 unspecified atom stereocenters. The summed E-state index contributed by atoms with van der Waals surface area (Å²) in [6, 6.07) is 4.24. The van der Waals surface area contributed by atoms with E-state index in [2.05, 4.69) is 45.3 Å². The number of nitrogens with one attached hydrogen (secondary N) is 2. The molecule has 2 aromatic rings. The first-order valence-corrected chi connectivity index (χ1v) is 9.97. The van der Waals surface area contributed by atoms with Crippen LogP contribution in [0.5, 0.6) is 0 Å². The number of thiophene rings is 1. The molecule has 3 heterocycles. The summed E-state index contributed by atoms with van der Waals surface area (Å²) in [6.07, 6.45) is 3.18. The SMILES string of the molecule is Cc1nnc(CN=C(NCCc2cccs2)NCC2(C)CCCO2)n1C. The fourth-order valence-corrected chi connectivity index (χ4v) is 3.63. The van der Waals surface area contributed by atoms with Crippen molar-refractivity contribution in [1.82, 2.24) is 25.4 Å². The lowest BCUT2D eigenvalue weighted by atomic mass is 10.0. The zero-order chi connectivity index (χ0) is 18.4. The highest BCUT2D eigenvalue weighted by atomic mass is 32.1. The van der Waals surface area contributed by atoms with Gasteiger partial charge in [0.2, 0.25) is 0 Å². The van der Waals surface area contributed by atoms with E-state index in [0.29, 0.717) is 6.54 Å². The van der Waals surface area contributed by atoms with E-state index in [1.54, 1.807) is 11.3 Å². The van der Waals surface area contributed by atoms with Crippen molar-refractivity contribution in [3.8, 4) is 0 Å². The van der Waals surface area contributed by atoms with Gasteiger partial charge in [-0.1, -0.05) is 6.07 Å². The molecule has 2 aromatic heterocycles. The van der Waals surface area contributed by atoms with E-state index in [1.807, 2.05) is 18.5 Å². The Balaban J connectivity index is 1.59. The van der Waals surface area contributed by atoms with Crippen molar-refractivity contribution in [2.45, 2.75) is 45.3 Å². The maximum atomic E-state index is 5.87. The summed E-state index contributed by atoms with van der Waals surface area (Å²) in [5, 5.41) is 17.3. The average Bonchev–Trinajstić information content (AvgIpc) is 3.36. The van der Waals surface area contributed by atoms with Gasteiger partial charge in [0.15, 0.2) is 11.8 Å². The number of guanidine groups is 1. The normalized spacial score (nSPS) is 20.5. The second-order valence-electron chi connectivity index (χ2n) is 6.90. The number of hydrogen-bond donors (Lipinski definition) is 2. The first-order chi connectivity index (χ1) is 12.6. The molecule has 0 bridgehead atoms. The summed E-state index contributed by atoms with van der Waals surface area (Å²) in [7, 11) is 1.96. The van der Waals surface area contributed by atoms with Crippen molar-refractivity contribution in [2.24, 2.45) is 12.0 Å². The molecule has 0 amide bonds. The van der Waals surface area contributed by atoms with Gasteiger partial charge in [0.1, 0.15) is 12.4 Å². The second kappa shape index (κ2) is 8.64. The van der Waals surface area contributed by atoms with Crippen LogP contribution < -0.4 is 10.6 Å². The second-order valence-corrected chi connectivity index (χ2v) is 7.93. The highest BCUT2D eigenvalue weighted by Crippen LogP contribution is 2.23. The van der Waals surface area contributed by atoms with Crippen LogP contribution in [0.1, 0.15) is 36.3 Å². The maximum Gasteiger partial charge on any atom is 0.191 e. The molecule has 7 nitrogen and oxygen atoms in total. The number of aryl methyl sites for hydroxylation is 1. The molecule has 1 aliphatic rings. The summed E-state index contributed by atoms with van der Waals surface area (Å²) in [6.45, 7) is 7.01. The lowest BCUT2D eigenvalue weighted by molar-refractivity contribution is 0.0242. The Kier molecular flexibility index (Phi) is 6.26. The third-order valence-corrected chi connectivity index (χ3v) is 5.67. The van der Waals surface area contributed by atoms with Gasteiger partial charge in [-0.25, -0.2) is 4.99 Å². The monoisotopic (exact) mass is 376 g/mol. The molecule has 26 heavy (non-hydrogen) atoms. The summed E-state index contributed by atoms with van der Waals surface area (Å²) >= 11 is 1.78. The van der Waals surface area contributed by atoms with E-state index in [9.17, 15) is 0 Å². The molecule has 1 atom stereocenters. The van der Waals surface area contributed by atoms with Crippen LogP contribution in [0.15, 0.2) is 22.5 Å². The van der Waals surface area contributed by atoms with Crippen molar-refractivity contribution in [3.63, 3.8) is 0 Å². The van der Waals surface area contributed by atoms with Gasteiger partial charge >= 0.3 is 0 Å². The number of aromatic nitrogens is 3. The lowest BCUT2D eigenvalue weighted by Crippen LogP contribution is -2.46. The molecule has 0 saturated carbocycles. The molecule has 0 spiro atoms. The molecule has 1 saturated heterocycles. The minimum Gasteiger partial charge on any atom is -0.373 e. The standard InChI is InChI=1S/C18H28N6OS/c1-14-22-23-16(24(14)3)12-20-17(19-9-7-15-6-4-11-26-15)21-13-18(2)8-5-10-25-18/h4,6,11H,5,7-10,12-13H2,1-3H3,(H2,19,20,21). The van der Waals surface area contributed by atoms with E-state index in [0.717, 1.165) is 56.6 Å². The first kappa shape index (κ1) is 18.8. The summed E-state index contributed by atoms with van der Waals surface area (Å²) in [5.74, 6) is 2.53. The fraction of sp³-hybridized carbons (Fsp3) is 0.611. The van der Waals surface area contributed by atoms with Gasteiger partial charge in [0, 0.05) is 31.6 Å². The summed E-state index contributed by atoms with van der Waals surface area (Å²) in [5.41, 5.74) is -0.114. The Morgan fingerprint density at radius 1 is 1.42 bits per heavy atom. The van der Waals surface area contributed by atoms with Gasteiger partial charge in [-0.3, -0.25) is 0 Å². The minimum atomic E-state index is -0.114. The van der Waals surface area contributed by atoms with Gasteiger partial charge in [-0.2, -0.15) is 0 Å².